The van der Waals surface area contributed by atoms with Crippen LogP contribution < -0.4 is 0 Å². The number of nitrogens with zero attached hydrogens (tertiary/aromatic N) is 1. The molecule has 0 spiro atoms. The molecule has 0 aliphatic heterocycles. The minimum absolute atomic E-state index is 0. The number of hydrogen-bond acceptors (Lipinski definition) is 4. The van der Waals surface area contributed by atoms with E-state index in [0.29, 0.717) is 0 Å². The van der Waals surface area contributed by atoms with Gasteiger partial charge < -0.3 is 10.1 Å². The molecule has 5 heteroatoms. The number of pyridine rings is 1. The van der Waals surface area contributed by atoms with Gasteiger partial charge in [0.25, 0.3) is 0 Å². The van der Waals surface area contributed by atoms with Gasteiger partial charge in [-0.3, -0.25) is 4.79 Å². The Balaban J connectivity index is 0.000000281. The van der Waals surface area contributed by atoms with Gasteiger partial charge in [0.2, 0.25) is 0 Å². The molecule has 0 fully saturated rings. The normalized spacial score (nSPS) is 13.8. The second-order valence-corrected chi connectivity index (χ2v) is 8.88. The molecule has 2 aromatic heterocycles. The van der Waals surface area contributed by atoms with Gasteiger partial charge >= 0.3 is 0 Å². The number of rotatable bonds is 1. The third-order valence-electron chi connectivity index (χ3n) is 5.26. The Kier molecular flexibility index (Phi) is 6.28. The number of aliphatic hydroxyl groups excluding tert-OH is 1. The fraction of sp³-hybridized carbons (Fsp3) is 0.200. The number of thiophene rings is 1. The van der Waals surface area contributed by atoms with Crippen molar-refractivity contribution >= 4 is 37.3 Å². The topological polar surface area (TPSA) is 50.2 Å². The van der Waals surface area contributed by atoms with Crippen molar-refractivity contribution < 1.29 is 30.0 Å². The molecule has 155 valence electrons. The number of allylic oxidation sites excluding steroid dienone is 2. The first kappa shape index (κ1) is 22.4. The van der Waals surface area contributed by atoms with Crippen LogP contribution in [0.4, 0.5) is 0 Å². The number of hydrogen-bond donors (Lipinski definition) is 1. The van der Waals surface area contributed by atoms with Crippen LogP contribution in [0.5, 0.6) is 0 Å². The van der Waals surface area contributed by atoms with Crippen molar-refractivity contribution in [3.63, 3.8) is 0 Å². The first-order valence-corrected chi connectivity index (χ1v) is 10.3. The summed E-state index contributed by atoms with van der Waals surface area (Å²) >= 11 is 1.86. The van der Waals surface area contributed by atoms with Crippen LogP contribution in [0.3, 0.4) is 0 Å². The first-order chi connectivity index (χ1) is 13.8. The summed E-state index contributed by atoms with van der Waals surface area (Å²) in [5, 5.41) is 11.0. The molecule has 2 heterocycles. The molecule has 0 unspecified atom stereocenters. The van der Waals surface area contributed by atoms with Crippen molar-refractivity contribution in [2.24, 2.45) is 0 Å². The van der Waals surface area contributed by atoms with E-state index in [4.69, 9.17) is 10.1 Å². The van der Waals surface area contributed by atoms with E-state index in [0.717, 1.165) is 11.3 Å². The molecule has 1 aliphatic rings. The molecule has 1 N–H and O–H groups in total. The molecule has 0 atom stereocenters. The molecule has 5 rings (SSSR count). The van der Waals surface area contributed by atoms with E-state index in [-0.39, 0.29) is 37.1 Å². The van der Waals surface area contributed by atoms with Crippen LogP contribution in [0.1, 0.15) is 38.8 Å². The van der Waals surface area contributed by atoms with Gasteiger partial charge in [0.05, 0.1) is 5.76 Å². The van der Waals surface area contributed by atoms with E-state index in [1.807, 2.05) is 23.6 Å². The summed E-state index contributed by atoms with van der Waals surface area (Å²) in [5.41, 5.74) is 4.88. The van der Waals surface area contributed by atoms with E-state index < -0.39 is 0 Å². The molecule has 0 saturated heterocycles. The molecule has 2 aromatic carbocycles. The van der Waals surface area contributed by atoms with Crippen LogP contribution in [0.2, 0.25) is 0 Å². The summed E-state index contributed by atoms with van der Waals surface area (Å²) in [6.07, 6.45) is 3.09. The first-order valence-electron chi connectivity index (χ1n) is 9.51. The van der Waals surface area contributed by atoms with Gasteiger partial charge in [-0.25, -0.2) is 0 Å². The summed E-state index contributed by atoms with van der Waals surface area (Å²) in [7, 11) is 0. The molecule has 1 radical (unpaired) electrons. The van der Waals surface area contributed by atoms with Crippen LogP contribution in [0.15, 0.2) is 60.5 Å². The zero-order chi connectivity index (χ0) is 20.8. The summed E-state index contributed by atoms with van der Waals surface area (Å²) in [5.74, 6) is -0.0625. The molecule has 0 saturated carbocycles. The van der Waals surface area contributed by atoms with Crippen molar-refractivity contribution in [3.05, 3.63) is 77.7 Å². The Morgan fingerprint density at radius 2 is 1.77 bits per heavy atom. The van der Waals surface area contributed by atoms with Crippen molar-refractivity contribution in [1.29, 1.82) is 0 Å². The number of aliphatic hydroxyl groups is 1. The van der Waals surface area contributed by atoms with E-state index in [9.17, 15) is 4.79 Å². The number of ketones is 1. The van der Waals surface area contributed by atoms with Crippen LogP contribution in [0.25, 0.3) is 31.4 Å². The van der Waals surface area contributed by atoms with Gasteiger partial charge in [0.15, 0.2) is 5.78 Å². The molecular formula is C25H22IrNO2S-. The minimum Gasteiger partial charge on any atom is -0.512 e. The number of fused-ring (bicyclic) bond motifs is 2. The van der Waals surface area contributed by atoms with Crippen molar-refractivity contribution in [2.45, 2.75) is 33.1 Å². The number of carbonyl (C=O) groups excluding carboxylic acids is 1. The fourth-order valence-electron chi connectivity index (χ4n) is 4.07. The Bertz CT molecular complexity index is 1280. The molecular weight excluding hydrogens is 571 g/mol. The second-order valence-electron chi connectivity index (χ2n) is 7.79. The van der Waals surface area contributed by atoms with Crippen LogP contribution in [0, 0.1) is 6.07 Å². The van der Waals surface area contributed by atoms with Gasteiger partial charge in [-0.15, -0.1) is 46.7 Å². The predicted octanol–water partition coefficient (Wildman–Crippen LogP) is 6.59. The van der Waals surface area contributed by atoms with Crippen LogP contribution in [-0.2, 0) is 30.3 Å². The summed E-state index contributed by atoms with van der Waals surface area (Å²) < 4.78 is 2.66. The number of benzene rings is 2. The van der Waals surface area contributed by atoms with Crippen molar-refractivity contribution in [2.75, 3.05) is 0 Å². The second kappa shape index (κ2) is 8.43. The Morgan fingerprint density at radius 3 is 2.43 bits per heavy atom. The summed E-state index contributed by atoms with van der Waals surface area (Å²) in [6, 6.07) is 18.6. The maximum absolute atomic E-state index is 10.0. The van der Waals surface area contributed by atoms with Crippen molar-refractivity contribution in [1.82, 2.24) is 4.98 Å². The molecule has 0 bridgehead atoms. The van der Waals surface area contributed by atoms with E-state index in [1.54, 1.807) is 0 Å². The van der Waals surface area contributed by atoms with Gasteiger partial charge in [0.1, 0.15) is 0 Å². The maximum Gasteiger partial charge on any atom is 0.155 e. The quantitative estimate of drug-likeness (QED) is 0.154. The molecule has 4 aromatic rings. The van der Waals surface area contributed by atoms with E-state index in [2.05, 4.69) is 56.3 Å². The monoisotopic (exact) mass is 593 g/mol. The minimum atomic E-state index is -0.125. The van der Waals surface area contributed by atoms with E-state index >= 15 is 0 Å². The zero-order valence-electron chi connectivity index (χ0n) is 17.2. The average Bonchev–Trinajstić information content (AvgIpc) is 3.02. The van der Waals surface area contributed by atoms with E-state index in [1.165, 1.54) is 51.2 Å². The fourth-order valence-corrected chi connectivity index (χ4v) is 5.19. The van der Waals surface area contributed by atoms with Crippen LogP contribution >= 0.6 is 11.3 Å². The Hall–Kier alpha value is -2.33. The number of carbonyl (C=O) groups is 1. The third-order valence-corrected chi connectivity index (χ3v) is 6.38. The van der Waals surface area contributed by atoms with Crippen molar-refractivity contribution in [3.8, 4) is 11.3 Å². The average molecular weight is 593 g/mol. The van der Waals surface area contributed by atoms with Gasteiger partial charge in [-0.2, -0.15) is 0 Å². The molecule has 1 aliphatic carbocycles. The van der Waals surface area contributed by atoms with Gasteiger partial charge in [-0.05, 0) is 53.4 Å². The molecule has 30 heavy (non-hydrogen) atoms. The molecule has 0 amide bonds. The Morgan fingerprint density at radius 1 is 1.07 bits per heavy atom. The van der Waals surface area contributed by atoms with Crippen LogP contribution in [-0.4, -0.2) is 15.9 Å². The summed E-state index contributed by atoms with van der Waals surface area (Å²) in [6.45, 7) is 7.47. The smallest absolute Gasteiger partial charge is 0.155 e. The maximum atomic E-state index is 10.0. The number of aromatic nitrogens is 1. The zero-order valence-corrected chi connectivity index (χ0v) is 20.5. The summed E-state index contributed by atoms with van der Waals surface area (Å²) in [4.78, 5) is 14.8. The molecule has 3 nitrogen and oxygen atoms in total. The largest absolute Gasteiger partial charge is 0.512 e. The predicted molar refractivity (Wildman–Crippen MR) is 121 cm³/mol. The van der Waals surface area contributed by atoms with Gasteiger partial charge in [-0.1, -0.05) is 26.0 Å². The standard InChI is InChI=1S/C20H14NS.C5H8O2.Ir/c1-20(2)13-7-4-3-6-12(13)19-18-16(10-11-21-19)22-15-9-5-8-14(20)17(15)18;1-4(6)3-5(2)7;/h3-5,7-11H,1-2H3;3,6H,1-2H3;/q-1;;/b;4-3-;. The third kappa shape index (κ3) is 3.74. The Labute approximate surface area is 193 Å². The SMILES string of the molecule is CC(=O)/C=C(/C)O.CC1(C)c2ccc[c-]c2-c2nccc3sc4cccc1c4c23.[Ir]. The van der Waals surface area contributed by atoms with Gasteiger partial charge in [0, 0.05) is 41.8 Å².